The molecule has 0 saturated carbocycles. The van der Waals surface area contributed by atoms with Gasteiger partial charge < -0.3 is 5.73 Å². The lowest BCUT2D eigenvalue weighted by molar-refractivity contribution is 0.0800. The van der Waals surface area contributed by atoms with Crippen molar-refractivity contribution in [3.8, 4) is 0 Å². The molecule has 112 valence electrons. The first-order chi connectivity index (χ1) is 9.51. The van der Waals surface area contributed by atoms with Crippen LogP contribution in [0.5, 0.6) is 0 Å². The molecule has 5 heteroatoms. The summed E-state index contributed by atoms with van der Waals surface area (Å²) in [5.74, 6) is -1.08. The molecule has 1 aromatic rings. The monoisotopic (exact) mass is 283 g/mol. The highest BCUT2D eigenvalue weighted by atomic mass is 19.1. The maximum absolute atomic E-state index is 13.4. The number of benzene rings is 1. The molecule has 0 aliphatic carbocycles. The van der Waals surface area contributed by atoms with Gasteiger partial charge in [0, 0.05) is 50.9 Å². The van der Waals surface area contributed by atoms with E-state index in [4.69, 9.17) is 5.73 Å². The molecule has 1 fully saturated rings. The number of piperazine rings is 1. The first kappa shape index (κ1) is 15.4. The summed E-state index contributed by atoms with van der Waals surface area (Å²) in [6.45, 7) is 8.40. The van der Waals surface area contributed by atoms with E-state index in [-0.39, 0.29) is 6.04 Å². The maximum Gasteiger partial charge on any atom is 0.126 e. The van der Waals surface area contributed by atoms with Gasteiger partial charge in [0.25, 0.3) is 0 Å². The van der Waals surface area contributed by atoms with E-state index in [1.807, 2.05) is 0 Å². The standard InChI is InChI=1S/C15H23F2N3/c1-11(2)19-3-5-20(6-4-19)15(10-18)12-7-13(16)9-14(17)8-12/h7-9,11,15H,3-6,10,18H2,1-2H3. The van der Waals surface area contributed by atoms with E-state index in [2.05, 4.69) is 23.6 Å². The molecular formula is C15H23F2N3. The second-order valence-electron chi connectivity index (χ2n) is 5.62. The van der Waals surface area contributed by atoms with Crippen molar-refractivity contribution in [1.82, 2.24) is 9.80 Å². The molecule has 1 heterocycles. The molecule has 20 heavy (non-hydrogen) atoms. The number of rotatable bonds is 4. The summed E-state index contributed by atoms with van der Waals surface area (Å²) in [7, 11) is 0. The van der Waals surface area contributed by atoms with Crippen LogP contribution in [-0.2, 0) is 0 Å². The van der Waals surface area contributed by atoms with E-state index in [9.17, 15) is 8.78 Å². The molecule has 0 aromatic heterocycles. The first-order valence-electron chi connectivity index (χ1n) is 7.15. The van der Waals surface area contributed by atoms with E-state index >= 15 is 0 Å². The minimum absolute atomic E-state index is 0.116. The number of hydrogen-bond acceptors (Lipinski definition) is 3. The van der Waals surface area contributed by atoms with Crippen molar-refractivity contribution in [2.24, 2.45) is 5.73 Å². The normalized spacial score (nSPS) is 19.5. The highest BCUT2D eigenvalue weighted by Gasteiger charge is 2.25. The van der Waals surface area contributed by atoms with Crippen molar-refractivity contribution in [2.75, 3.05) is 32.7 Å². The van der Waals surface area contributed by atoms with E-state index in [0.717, 1.165) is 32.2 Å². The zero-order valence-electron chi connectivity index (χ0n) is 12.1. The summed E-state index contributed by atoms with van der Waals surface area (Å²) in [5, 5.41) is 0. The molecule has 0 amide bonds. The van der Waals surface area contributed by atoms with Crippen LogP contribution in [-0.4, -0.2) is 48.6 Å². The fourth-order valence-electron chi connectivity index (χ4n) is 2.83. The largest absolute Gasteiger partial charge is 0.329 e. The van der Waals surface area contributed by atoms with Gasteiger partial charge in [0.15, 0.2) is 0 Å². The Bertz CT molecular complexity index is 422. The Labute approximate surface area is 119 Å². The Hall–Kier alpha value is -1.04. The van der Waals surface area contributed by atoms with Gasteiger partial charge in [0.2, 0.25) is 0 Å². The van der Waals surface area contributed by atoms with Crippen molar-refractivity contribution < 1.29 is 8.78 Å². The fraction of sp³-hybridized carbons (Fsp3) is 0.600. The molecule has 0 spiro atoms. The van der Waals surface area contributed by atoms with Crippen LogP contribution in [0.15, 0.2) is 18.2 Å². The number of nitrogens with two attached hydrogens (primary N) is 1. The third kappa shape index (κ3) is 3.53. The lowest BCUT2D eigenvalue weighted by Gasteiger charge is -2.40. The zero-order valence-corrected chi connectivity index (χ0v) is 12.1. The van der Waals surface area contributed by atoms with Crippen LogP contribution in [0.25, 0.3) is 0 Å². The van der Waals surface area contributed by atoms with E-state index < -0.39 is 11.6 Å². The summed E-state index contributed by atoms with van der Waals surface area (Å²) < 4.78 is 26.7. The molecule has 1 atom stereocenters. The van der Waals surface area contributed by atoms with Crippen LogP contribution in [0, 0.1) is 11.6 Å². The van der Waals surface area contributed by atoms with Gasteiger partial charge >= 0.3 is 0 Å². The molecule has 3 nitrogen and oxygen atoms in total. The third-order valence-electron chi connectivity index (χ3n) is 4.01. The lowest BCUT2D eigenvalue weighted by Crippen LogP contribution is -2.50. The Morgan fingerprint density at radius 3 is 1.95 bits per heavy atom. The van der Waals surface area contributed by atoms with Crippen molar-refractivity contribution in [2.45, 2.75) is 25.9 Å². The molecule has 1 aliphatic rings. The average molecular weight is 283 g/mol. The van der Waals surface area contributed by atoms with Gasteiger partial charge in [0.1, 0.15) is 11.6 Å². The Morgan fingerprint density at radius 2 is 1.50 bits per heavy atom. The zero-order chi connectivity index (χ0) is 14.7. The van der Waals surface area contributed by atoms with Gasteiger partial charge in [-0.3, -0.25) is 9.80 Å². The lowest BCUT2D eigenvalue weighted by atomic mass is 10.0. The quantitative estimate of drug-likeness (QED) is 0.917. The Balaban J connectivity index is 2.09. The smallest absolute Gasteiger partial charge is 0.126 e. The van der Waals surface area contributed by atoms with Gasteiger partial charge in [-0.05, 0) is 31.5 Å². The predicted octanol–water partition coefficient (Wildman–Crippen LogP) is 1.99. The van der Waals surface area contributed by atoms with Crippen molar-refractivity contribution in [1.29, 1.82) is 0 Å². The SMILES string of the molecule is CC(C)N1CCN(C(CN)c2cc(F)cc(F)c2)CC1. The van der Waals surface area contributed by atoms with E-state index in [1.165, 1.54) is 12.1 Å². The van der Waals surface area contributed by atoms with Crippen LogP contribution < -0.4 is 5.73 Å². The summed E-state index contributed by atoms with van der Waals surface area (Å²) in [6, 6.07) is 4.08. The summed E-state index contributed by atoms with van der Waals surface area (Å²) >= 11 is 0. The van der Waals surface area contributed by atoms with Crippen LogP contribution in [0.2, 0.25) is 0 Å². The van der Waals surface area contributed by atoms with Crippen molar-refractivity contribution >= 4 is 0 Å². The molecule has 1 unspecified atom stereocenters. The topological polar surface area (TPSA) is 32.5 Å². The Kier molecular flexibility index (Phi) is 5.07. The van der Waals surface area contributed by atoms with Gasteiger partial charge in [0.05, 0.1) is 0 Å². The van der Waals surface area contributed by atoms with Crippen LogP contribution in [0.3, 0.4) is 0 Å². The molecule has 0 bridgehead atoms. The molecular weight excluding hydrogens is 260 g/mol. The predicted molar refractivity (Wildman–Crippen MR) is 76.4 cm³/mol. The number of halogens is 2. The maximum atomic E-state index is 13.4. The van der Waals surface area contributed by atoms with Gasteiger partial charge in [-0.25, -0.2) is 8.78 Å². The molecule has 1 aromatic carbocycles. The van der Waals surface area contributed by atoms with Crippen LogP contribution in [0.1, 0.15) is 25.5 Å². The second kappa shape index (κ2) is 6.61. The summed E-state index contributed by atoms with van der Waals surface area (Å²) in [4.78, 5) is 4.61. The number of hydrogen-bond donors (Lipinski definition) is 1. The fourth-order valence-corrected chi connectivity index (χ4v) is 2.83. The molecule has 1 saturated heterocycles. The van der Waals surface area contributed by atoms with Crippen molar-refractivity contribution in [3.05, 3.63) is 35.4 Å². The molecule has 2 N–H and O–H groups in total. The van der Waals surface area contributed by atoms with Gasteiger partial charge in [-0.2, -0.15) is 0 Å². The summed E-state index contributed by atoms with van der Waals surface area (Å²) in [6.07, 6.45) is 0. The highest BCUT2D eigenvalue weighted by molar-refractivity contribution is 5.22. The van der Waals surface area contributed by atoms with E-state index in [0.29, 0.717) is 18.2 Å². The van der Waals surface area contributed by atoms with Gasteiger partial charge in [-0.1, -0.05) is 0 Å². The van der Waals surface area contributed by atoms with Crippen LogP contribution in [0.4, 0.5) is 8.78 Å². The van der Waals surface area contributed by atoms with Crippen LogP contribution >= 0.6 is 0 Å². The molecule has 1 aliphatic heterocycles. The minimum Gasteiger partial charge on any atom is -0.329 e. The number of nitrogens with zero attached hydrogens (tertiary/aromatic N) is 2. The molecule has 2 rings (SSSR count). The highest BCUT2D eigenvalue weighted by Crippen LogP contribution is 2.23. The van der Waals surface area contributed by atoms with Crippen molar-refractivity contribution in [3.63, 3.8) is 0 Å². The van der Waals surface area contributed by atoms with E-state index in [1.54, 1.807) is 0 Å². The van der Waals surface area contributed by atoms with Gasteiger partial charge in [-0.15, -0.1) is 0 Å². The summed E-state index contributed by atoms with van der Waals surface area (Å²) in [5.41, 5.74) is 6.46. The third-order valence-corrected chi connectivity index (χ3v) is 4.01. The Morgan fingerprint density at radius 1 is 1.00 bits per heavy atom. The second-order valence-corrected chi connectivity index (χ2v) is 5.62. The minimum atomic E-state index is -0.542. The first-order valence-corrected chi connectivity index (χ1v) is 7.15. The molecule has 0 radical (unpaired) electrons. The average Bonchev–Trinajstić information content (AvgIpc) is 2.39.